The number of azide groups is 1. The lowest BCUT2D eigenvalue weighted by Gasteiger charge is -2.07. The van der Waals surface area contributed by atoms with Gasteiger partial charge >= 0.3 is 0 Å². The van der Waals surface area contributed by atoms with E-state index in [4.69, 9.17) is 5.53 Å². The first-order valence-electron chi connectivity index (χ1n) is 8.51. The fourth-order valence-electron chi connectivity index (χ4n) is 2.68. The highest BCUT2D eigenvalue weighted by molar-refractivity contribution is 7.90. The minimum absolute atomic E-state index is 0.136. The molecular formula is C17H27N3O2S. The molecule has 128 valence electrons. The molecule has 23 heavy (non-hydrogen) atoms. The Morgan fingerprint density at radius 1 is 0.957 bits per heavy atom. The van der Waals surface area contributed by atoms with Crippen LogP contribution in [0, 0.1) is 0 Å². The lowest BCUT2D eigenvalue weighted by Crippen LogP contribution is -2.01. The maximum atomic E-state index is 11.9. The maximum Gasteiger partial charge on any atom is 0.264 e. The molecule has 0 saturated heterocycles. The van der Waals surface area contributed by atoms with Crippen molar-refractivity contribution in [1.29, 1.82) is 0 Å². The Bertz CT molecular complexity index is 608. The summed E-state index contributed by atoms with van der Waals surface area (Å²) in [5.41, 5.74) is 9.12. The van der Waals surface area contributed by atoms with Crippen molar-refractivity contribution >= 4 is 10.0 Å². The van der Waals surface area contributed by atoms with Crippen LogP contribution in [0.25, 0.3) is 10.4 Å². The zero-order valence-corrected chi connectivity index (χ0v) is 14.8. The van der Waals surface area contributed by atoms with Crippen molar-refractivity contribution < 1.29 is 8.42 Å². The molecule has 0 saturated carbocycles. The predicted molar refractivity (Wildman–Crippen MR) is 93.7 cm³/mol. The van der Waals surface area contributed by atoms with Crippen molar-refractivity contribution in [3.63, 3.8) is 0 Å². The van der Waals surface area contributed by atoms with Gasteiger partial charge in [-0.2, -0.15) is 0 Å². The van der Waals surface area contributed by atoms with Gasteiger partial charge in [-0.3, -0.25) is 0 Å². The second-order valence-electron chi connectivity index (χ2n) is 5.83. The number of nitrogens with zero attached hydrogens (tertiary/aromatic N) is 3. The van der Waals surface area contributed by atoms with E-state index in [1.54, 1.807) is 12.1 Å². The van der Waals surface area contributed by atoms with E-state index in [0.717, 1.165) is 18.4 Å². The summed E-state index contributed by atoms with van der Waals surface area (Å²) in [7, 11) is -3.89. The molecule has 0 fully saturated rings. The molecule has 1 aromatic rings. The third-order valence-electron chi connectivity index (χ3n) is 3.94. The molecule has 0 N–H and O–H groups in total. The summed E-state index contributed by atoms with van der Waals surface area (Å²) in [4.78, 5) is 2.55. The predicted octanol–water partition coefficient (Wildman–Crippen LogP) is 5.76. The van der Waals surface area contributed by atoms with Crippen molar-refractivity contribution in [2.75, 3.05) is 0 Å². The molecule has 0 unspecified atom stereocenters. The Labute approximate surface area is 139 Å². The first-order valence-corrected chi connectivity index (χ1v) is 9.95. The summed E-state index contributed by atoms with van der Waals surface area (Å²) in [5, 5.41) is 0. The van der Waals surface area contributed by atoms with Crippen molar-refractivity contribution in [3.8, 4) is 0 Å². The Morgan fingerprint density at radius 2 is 1.52 bits per heavy atom. The summed E-state index contributed by atoms with van der Waals surface area (Å²) >= 11 is 0. The van der Waals surface area contributed by atoms with Crippen LogP contribution in [0.1, 0.15) is 70.3 Å². The van der Waals surface area contributed by atoms with E-state index >= 15 is 0 Å². The molecule has 0 aromatic heterocycles. The van der Waals surface area contributed by atoms with E-state index in [2.05, 4.69) is 16.4 Å². The van der Waals surface area contributed by atoms with Crippen LogP contribution in [0.4, 0.5) is 0 Å². The number of hydrogen-bond donors (Lipinski definition) is 0. The van der Waals surface area contributed by atoms with E-state index in [-0.39, 0.29) is 4.90 Å². The average Bonchev–Trinajstić information content (AvgIpc) is 2.53. The molecule has 0 spiro atoms. The summed E-state index contributed by atoms with van der Waals surface area (Å²) in [6, 6.07) is 6.77. The highest BCUT2D eigenvalue weighted by Crippen LogP contribution is 2.20. The molecule has 6 heteroatoms. The third-order valence-corrected chi connectivity index (χ3v) is 5.19. The van der Waals surface area contributed by atoms with Gasteiger partial charge in [0.05, 0.1) is 4.90 Å². The number of sulfonamides is 1. The molecule has 5 nitrogen and oxygen atoms in total. The zero-order valence-electron chi connectivity index (χ0n) is 13.9. The second-order valence-corrected chi connectivity index (χ2v) is 7.39. The molecular weight excluding hydrogens is 310 g/mol. The fraction of sp³-hybridized carbons (Fsp3) is 0.647. The molecule has 0 atom stereocenters. The molecule has 0 bridgehead atoms. The molecule has 1 aromatic carbocycles. The van der Waals surface area contributed by atoms with E-state index in [0.29, 0.717) is 6.42 Å². The van der Waals surface area contributed by atoms with Crippen LogP contribution in [0.3, 0.4) is 0 Å². The smallest absolute Gasteiger partial charge is 0.216 e. The number of aryl methyl sites for hydroxylation is 1. The van der Waals surface area contributed by atoms with Gasteiger partial charge in [0.2, 0.25) is 0 Å². The van der Waals surface area contributed by atoms with Crippen molar-refractivity contribution in [2.45, 2.75) is 76.0 Å². The zero-order chi connectivity index (χ0) is 17.0. The summed E-state index contributed by atoms with van der Waals surface area (Å²) in [6.07, 6.45) is 11.8. The standard InChI is InChI=1S/C17H27N3O2S/c1-2-3-4-5-6-7-8-9-10-13-16-14-11-12-15-17(16)23(21,22)20-19-18/h11-12,14-15H,2-10,13H2,1H3. The van der Waals surface area contributed by atoms with E-state index in [9.17, 15) is 8.42 Å². The normalized spacial score (nSPS) is 11.2. The second kappa shape index (κ2) is 11.1. The number of rotatable bonds is 12. The SMILES string of the molecule is CCCCCCCCCCCc1ccccc1S(=O)(=O)N=[N+]=[N-]. The Balaban J connectivity index is 2.37. The number of unbranched alkanes of at least 4 members (excludes halogenated alkanes) is 8. The minimum Gasteiger partial charge on any atom is -0.216 e. The van der Waals surface area contributed by atoms with Crippen LogP contribution < -0.4 is 0 Å². The van der Waals surface area contributed by atoms with Gasteiger partial charge < -0.3 is 0 Å². The van der Waals surface area contributed by atoms with E-state index in [1.165, 1.54) is 51.0 Å². The maximum absolute atomic E-state index is 11.9. The van der Waals surface area contributed by atoms with Gasteiger partial charge in [-0.05, 0) is 30.0 Å². The number of hydrogen-bond acceptors (Lipinski definition) is 2. The molecule has 0 aliphatic carbocycles. The first kappa shape index (κ1) is 19.5. The molecule has 0 aliphatic rings. The van der Waals surface area contributed by atoms with Gasteiger partial charge in [0.15, 0.2) is 0 Å². The van der Waals surface area contributed by atoms with Crippen molar-refractivity contribution in [3.05, 3.63) is 40.3 Å². The highest BCUT2D eigenvalue weighted by atomic mass is 32.2. The van der Waals surface area contributed by atoms with Crippen molar-refractivity contribution in [1.82, 2.24) is 0 Å². The summed E-state index contributed by atoms with van der Waals surface area (Å²) in [5.74, 6) is 0. The minimum atomic E-state index is -3.89. The lowest BCUT2D eigenvalue weighted by atomic mass is 10.0. The van der Waals surface area contributed by atoms with Crippen LogP contribution in [0.15, 0.2) is 33.7 Å². The topological polar surface area (TPSA) is 82.9 Å². The van der Waals surface area contributed by atoms with Gasteiger partial charge in [0.1, 0.15) is 0 Å². The van der Waals surface area contributed by atoms with Crippen LogP contribution in [0.5, 0.6) is 0 Å². The van der Waals surface area contributed by atoms with Gasteiger partial charge in [-0.25, -0.2) is 8.42 Å². The third kappa shape index (κ3) is 7.53. The Kier molecular flexibility index (Phi) is 9.41. The lowest BCUT2D eigenvalue weighted by molar-refractivity contribution is 0.563. The number of benzene rings is 1. The molecule has 0 radical (unpaired) electrons. The quantitative estimate of drug-likeness (QED) is 0.210. The fourth-order valence-corrected chi connectivity index (χ4v) is 3.62. The van der Waals surface area contributed by atoms with Crippen LogP contribution in [-0.4, -0.2) is 8.42 Å². The Hall–Kier alpha value is -1.52. The largest absolute Gasteiger partial charge is 0.264 e. The van der Waals surface area contributed by atoms with E-state index < -0.39 is 10.0 Å². The van der Waals surface area contributed by atoms with Gasteiger partial charge in [0.25, 0.3) is 10.0 Å². The summed E-state index contributed by atoms with van der Waals surface area (Å²) < 4.78 is 26.7. The van der Waals surface area contributed by atoms with Crippen LogP contribution in [-0.2, 0) is 16.4 Å². The monoisotopic (exact) mass is 337 g/mol. The van der Waals surface area contributed by atoms with Crippen molar-refractivity contribution in [2.24, 2.45) is 4.52 Å². The van der Waals surface area contributed by atoms with Gasteiger partial charge in [-0.15, -0.1) is 0 Å². The first-order chi connectivity index (χ1) is 11.1. The highest BCUT2D eigenvalue weighted by Gasteiger charge is 2.15. The Morgan fingerprint density at radius 3 is 2.13 bits per heavy atom. The molecule has 0 heterocycles. The molecule has 0 aliphatic heterocycles. The van der Waals surface area contributed by atoms with Crippen LogP contribution in [0.2, 0.25) is 0 Å². The molecule has 1 rings (SSSR count). The molecule has 0 amide bonds. The average molecular weight is 337 g/mol. The van der Waals surface area contributed by atoms with E-state index in [1.807, 2.05) is 6.07 Å². The van der Waals surface area contributed by atoms with Gasteiger partial charge in [-0.1, -0.05) is 76.5 Å². The van der Waals surface area contributed by atoms with Gasteiger partial charge in [0, 0.05) is 9.43 Å². The van der Waals surface area contributed by atoms with Crippen LogP contribution >= 0.6 is 0 Å². The summed E-state index contributed by atoms with van der Waals surface area (Å²) in [6.45, 7) is 2.22.